The standard InChI is InChI=1S/C27H25N3O3S/c1-15-7-18(5-6-23(15)24-14-34-13-16(24)2)26-28-25(29-33-26)17-3-4-19-11-30(12-21(19)8-17)22-9-20(10-22)27(31)32/h3-8,13-14,20,22H,9-12H2,1-2H3,(H,31,32)/t20-,22-. The lowest BCUT2D eigenvalue weighted by Gasteiger charge is -2.39. The topological polar surface area (TPSA) is 79.5 Å². The van der Waals surface area contributed by atoms with Crippen LogP contribution in [0.4, 0.5) is 0 Å². The minimum absolute atomic E-state index is 0.186. The van der Waals surface area contributed by atoms with Crippen LogP contribution in [0.5, 0.6) is 0 Å². The van der Waals surface area contributed by atoms with Gasteiger partial charge in [-0.2, -0.15) is 16.3 Å². The lowest BCUT2D eigenvalue weighted by Crippen LogP contribution is -2.44. The highest BCUT2D eigenvalue weighted by Gasteiger charge is 2.39. The second-order valence-electron chi connectivity index (χ2n) is 9.47. The quantitative estimate of drug-likeness (QED) is 0.389. The number of thiophene rings is 1. The number of hydrogen-bond acceptors (Lipinski definition) is 6. The number of hydrogen-bond donors (Lipinski definition) is 1. The lowest BCUT2D eigenvalue weighted by molar-refractivity contribution is -0.147. The van der Waals surface area contributed by atoms with Gasteiger partial charge in [-0.3, -0.25) is 9.69 Å². The molecule has 1 saturated carbocycles. The first-order valence-electron chi connectivity index (χ1n) is 11.5. The summed E-state index contributed by atoms with van der Waals surface area (Å²) in [6, 6.07) is 13.0. The Morgan fingerprint density at radius 3 is 2.53 bits per heavy atom. The van der Waals surface area contributed by atoms with Crippen LogP contribution in [0.2, 0.25) is 0 Å². The van der Waals surface area contributed by atoms with Crippen LogP contribution in [-0.4, -0.2) is 32.2 Å². The van der Waals surface area contributed by atoms with Crippen molar-refractivity contribution in [3.8, 4) is 34.0 Å². The van der Waals surface area contributed by atoms with Crippen molar-refractivity contribution in [2.24, 2.45) is 5.92 Å². The molecule has 4 aromatic rings. The van der Waals surface area contributed by atoms with Crippen molar-refractivity contribution in [3.05, 3.63) is 69.4 Å². The molecule has 0 atom stereocenters. The maximum Gasteiger partial charge on any atom is 0.306 e. The first-order valence-corrected chi connectivity index (χ1v) is 12.5. The first kappa shape index (κ1) is 21.3. The van der Waals surface area contributed by atoms with Crippen molar-refractivity contribution in [3.63, 3.8) is 0 Å². The molecule has 0 bridgehead atoms. The van der Waals surface area contributed by atoms with Crippen molar-refractivity contribution >= 4 is 17.3 Å². The smallest absolute Gasteiger partial charge is 0.306 e. The van der Waals surface area contributed by atoms with E-state index in [1.54, 1.807) is 11.3 Å². The van der Waals surface area contributed by atoms with E-state index in [4.69, 9.17) is 9.63 Å². The molecule has 7 heteroatoms. The molecule has 0 amide bonds. The average molecular weight is 472 g/mol. The van der Waals surface area contributed by atoms with Gasteiger partial charge >= 0.3 is 5.97 Å². The van der Waals surface area contributed by atoms with Crippen molar-refractivity contribution in [2.75, 3.05) is 0 Å². The third kappa shape index (κ3) is 3.65. The maximum atomic E-state index is 11.1. The molecular weight excluding hydrogens is 446 g/mol. The van der Waals surface area contributed by atoms with Crippen LogP contribution >= 0.6 is 11.3 Å². The number of carboxylic acids is 1. The number of carbonyl (C=O) groups is 1. The SMILES string of the molecule is Cc1cc(-c2nc(-c3ccc4c(c3)CN([C@H]3C[C@H](C(=O)O)C3)C4)no2)ccc1-c1cscc1C. The van der Waals surface area contributed by atoms with Gasteiger partial charge in [0, 0.05) is 30.3 Å². The van der Waals surface area contributed by atoms with Gasteiger partial charge in [0.15, 0.2) is 0 Å². The van der Waals surface area contributed by atoms with Gasteiger partial charge in [0.05, 0.1) is 5.92 Å². The second-order valence-corrected chi connectivity index (χ2v) is 10.2. The van der Waals surface area contributed by atoms with Crippen LogP contribution in [0.1, 0.15) is 35.1 Å². The molecule has 0 saturated heterocycles. The summed E-state index contributed by atoms with van der Waals surface area (Å²) in [6.45, 7) is 5.96. The van der Waals surface area contributed by atoms with Crippen LogP contribution in [0.25, 0.3) is 34.0 Å². The number of aromatic nitrogens is 2. The minimum atomic E-state index is -0.672. The highest BCUT2D eigenvalue weighted by molar-refractivity contribution is 7.08. The summed E-state index contributed by atoms with van der Waals surface area (Å²) in [7, 11) is 0. The Kier molecular flexibility index (Phi) is 5.12. The largest absolute Gasteiger partial charge is 0.481 e. The molecule has 34 heavy (non-hydrogen) atoms. The second kappa shape index (κ2) is 8.18. The molecule has 0 radical (unpaired) electrons. The molecule has 1 aliphatic heterocycles. The Balaban J connectivity index is 1.20. The summed E-state index contributed by atoms with van der Waals surface area (Å²) < 4.78 is 5.63. The minimum Gasteiger partial charge on any atom is -0.481 e. The van der Waals surface area contributed by atoms with E-state index in [1.165, 1.54) is 33.4 Å². The summed E-state index contributed by atoms with van der Waals surface area (Å²) in [5, 5.41) is 17.8. The zero-order chi connectivity index (χ0) is 23.4. The molecule has 1 fully saturated rings. The van der Waals surface area contributed by atoms with E-state index in [9.17, 15) is 4.79 Å². The van der Waals surface area contributed by atoms with E-state index >= 15 is 0 Å². The van der Waals surface area contributed by atoms with Gasteiger partial charge in [-0.1, -0.05) is 23.4 Å². The van der Waals surface area contributed by atoms with E-state index in [0.717, 1.165) is 37.1 Å². The zero-order valence-corrected chi connectivity index (χ0v) is 19.9. The predicted molar refractivity (Wildman–Crippen MR) is 131 cm³/mol. The molecule has 2 aromatic carbocycles. The Morgan fingerprint density at radius 1 is 1.00 bits per heavy atom. The number of fused-ring (bicyclic) bond motifs is 1. The summed E-state index contributed by atoms with van der Waals surface area (Å²) in [4.78, 5) is 18.2. The normalized spacial score (nSPS) is 19.7. The highest BCUT2D eigenvalue weighted by Crippen LogP contribution is 2.38. The van der Waals surface area contributed by atoms with Crippen LogP contribution < -0.4 is 0 Å². The Bertz CT molecular complexity index is 1400. The van der Waals surface area contributed by atoms with Gasteiger partial charge in [-0.05, 0) is 89.0 Å². The maximum absolute atomic E-state index is 11.1. The summed E-state index contributed by atoms with van der Waals surface area (Å²) in [5.74, 6) is 0.243. The Morgan fingerprint density at radius 2 is 1.79 bits per heavy atom. The van der Waals surface area contributed by atoms with E-state index in [-0.39, 0.29) is 5.92 Å². The van der Waals surface area contributed by atoms with Gasteiger partial charge in [-0.25, -0.2) is 0 Å². The third-order valence-electron chi connectivity index (χ3n) is 7.24. The summed E-state index contributed by atoms with van der Waals surface area (Å²) >= 11 is 1.72. The predicted octanol–water partition coefficient (Wildman–Crippen LogP) is 5.93. The van der Waals surface area contributed by atoms with Crippen LogP contribution in [-0.2, 0) is 17.9 Å². The van der Waals surface area contributed by atoms with E-state index < -0.39 is 5.97 Å². The van der Waals surface area contributed by atoms with Gasteiger partial charge in [0.2, 0.25) is 5.82 Å². The molecule has 2 aromatic heterocycles. The van der Waals surface area contributed by atoms with E-state index in [0.29, 0.717) is 17.8 Å². The van der Waals surface area contributed by atoms with Crippen LogP contribution in [0.15, 0.2) is 51.7 Å². The fourth-order valence-electron chi connectivity index (χ4n) is 5.10. The molecule has 2 aliphatic rings. The van der Waals surface area contributed by atoms with Crippen molar-refractivity contribution in [1.29, 1.82) is 0 Å². The molecule has 1 N–H and O–H groups in total. The fraction of sp³-hybridized carbons (Fsp3) is 0.296. The van der Waals surface area contributed by atoms with Gasteiger partial charge < -0.3 is 9.63 Å². The Hall–Kier alpha value is -3.29. The molecule has 1 aliphatic carbocycles. The Labute approximate surface area is 201 Å². The number of aliphatic carboxylic acids is 1. The number of carboxylic acid groups (broad SMARTS) is 1. The number of nitrogens with zero attached hydrogens (tertiary/aromatic N) is 3. The van der Waals surface area contributed by atoms with Gasteiger partial charge in [-0.15, -0.1) is 0 Å². The van der Waals surface area contributed by atoms with Crippen LogP contribution in [0.3, 0.4) is 0 Å². The highest BCUT2D eigenvalue weighted by atomic mass is 32.1. The van der Waals surface area contributed by atoms with Crippen molar-refractivity contribution in [1.82, 2.24) is 15.0 Å². The molecule has 6 rings (SSSR count). The fourth-order valence-corrected chi connectivity index (χ4v) is 5.95. The number of aryl methyl sites for hydroxylation is 2. The van der Waals surface area contributed by atoms with Crippen molar-refractivity contribution in [2.45, 2.75) is 45.8 Å². The number of benzene rings is 2. The molecule has 3 heterocycles. The monoisotopic (exact) mass is 471 g/mol. The first-order chi connectivity index (χ1) is 16.5. The molecular formula is C27H25N3O3S. The van der Waals surface area contributed by atoms with Crippen LogP contribution in [0, 0.1) is 19.8 Å². The van der Waals surface area contributed by atoms with Gasteiger partial charge in [0.25, 0.3) is 5.89 Å². The molecule has 0 unspecified atom stereocenters. The molecule has 6 nitrogen and oxygen atoms in total. The lowest BCUT2D eigenvalue weighted by atomic mass is 9.79. The molecule has 0 spiro atoms. The average Bonchev–Trinajstić information content (AvgIpc) is 3.51. The van der Waals surface area contributed by atoms with E-state index in [1.807, 2.05) is 12.1 Å². The summed E-state index contributed by atoms with van der Waals surface area (Å²) in [6.07, 6.45) is 1.49. The number of rotatable bonds is 5. The van der Waals surface area contributed by atoms with Crippen molar-refractivity contribution < 1.29 is 14.4 Å². The zero-order valence-electron chi connectivity index (χ0n) is 19.1. The summed E-state index contributed by atoms with van der Waals surface area (Å²) in [5.41, 5.74) is 9.37. The molecule has 172 valence electrons. The van der Waals surface area contributed by atoms with Gasteiger partial charge in [0.1, 0.15) is 0 Å². The third-order valence-corrected chi connectivity index (χ3v) is 8.10. The van der Waals surface area contributed by atoms with E-state index in [2.05, 4.69) is 63.9 Å².